The first-order valence-corrected chi connectivity index (χ1v) is 9.96. The quantitative estimate of drug-likeness (QED) is 0.238. The lowest BCUT2D eigenvalue weighted by Gasteiger charge is -2.55. The van der Waals surface area contributed by atoms with Gasteiger partial charge in [0.05, 0.1) is 17.5 Å². The highest BCUT2D eigenvalue weighted by Crippen LogP contribution is 2.54. The zero-order valence-electron chi connectivity index (χ0n) is 17.3. The number of phenols is 1. The molecule has 0 saturated heterocycles. The molecule has 0 aromatic heterocycles. The molecule has 1 aromatic rings. The molecule has 0 bridgehead atoms. The summed E-state index contributed by atoms with van der Waals surface area (Å²) in [6.45, 7) is 0. The largest absolute Gasteiger partial charge is 0.507 e. The van der Waals surface area contributed by atoms with E-state index in [9.17, 15) is 39.3 Å². The van der Waals surface area contributed by atoms with Gasteiger partial charge in [-0.25, -0.2) is 0 Å². The van der Waals surface area contributed by atoms with Crippen LogP contribution in [-0.2, 0) is 24.9 Å². The number of amides is 1. The number of fused-ring (bicyclic) bond motifs is 3. The molecule has 11 heteroatoms. The number of aliphatic hydroxyl groups is 2. The number of phenolic OH excluding ortho intramolecular Hbond substituents is 1. The highest BCUT2D eigenvalue weighted by molar-refractivity contribution is 6.32. The van der Waals surface area contributed by atoms with E-state index >= 15 is 0 Å². The highest BCUT2D eigenvalue weighted by atomic mass is 16.3. The fraction of sp³-hybridized carbons (Fsp3) is 0.476. The second-order valence-electron chi connectivity index (χ2n) is 8.96. The second kappa shape index (κ2) is 6.75. The number of hydrogen-bond donors (Lipinski definition) is 5. The van der Waals surface area contributed by atoms with Gasteiger partial charge in [-0.1, -0.05) is 12.1 Å². The summed E-state index contributed by atoms with van der Waals surface area (Å²) in [5, 5.41) is 32.8. The van der Waals surface area contributed by atoms with Crippen molar-refractivity contribution in [3.8, 4) is 5.75 Å². The van der Waals surface area contributed by atoms with Crippen LogP contribution in [0.2, 0.25) is 0 Å². The Morgan fingerprint density at radius 1 is 1.09 bits per heavy atom. The van der Waals surface area contributed by atoms with Crippen LogP contribution < -0.4 is 11.5 Å². The van der Waals surface area contributed by atoms with E-state index in [0.29, 0.717) is 0 Å². The number of rotatable bonds is 2. The van der Waals surface area contributed by atoms with Crippen LogP contribution in [-0.4, -0.2) is 75.0 Å². The summed E-state index contributed by atoms with van der Waals surface area (Å²) in [6, 6.07) is 2.59. The Balaban J connectivity index is 1.95. The van der Waals surface area contributed by atoms with Crippen molar-refractivity contribution in [2.45, 2.75) is 23.8 Å². The summed E-state index contributed by atoms with van der Waals surface area (Å²) in [4.78, 5) is 66.1. The molecule has 3 aliphatic carbocycles. The van der Waals surface area contributed by atoms with E-state index in [-0.39, 0.29) is 17.5 Å². The number of likely N-dealkylation sites (N-methyl/N-ethyl adjacent to an activating group) is 1. The molecular formula is C21H23N3O8. The van der Waals surface area contributed by atoms with E-state index in [1.807, 2.05) is 0 Å². The van der Waals surface area contributed by atoms with E-state index in [1.54, 1.807) is 0 Å². The predicted molar refractivity (Wildman–Crippen MR) is 106 cm³/mol. The minimum absolute atomic E-state index is 0.105. The van der Waals surface area contributed by atoms with Gasteiger partial charge in [0.25, 0.3) is 0 Å². The molecule has 0 heterocycles. The molecule has 32 heavy (non-hydrogen) atoms. The van der Waals surface area contributed by atoms with Gasteiger partial charge in [0.1, 0.15) is 11.5 Å². The van der Waals surface area contributed by atoms with Crippen molar-refractivity contribution >= 4 is 29.0 Å². The molecule has 2 fully saturated rings. The summed E-state index contributed by atoms with van der Waals surface area (Å²) in [5.41, 5.74) is 5.76. The average molecular weight is 445 g/mol. The standard InChI is InChI=1S/C21H23N3O8/c1-24(2)14-9-6-8-12(15(26)11-7(21(8,23)32)4-3-5-10(11)25)17(28)20(9,31)18(29)13(16(14)27)19(22)30/h3-5,8-9,12-14,25,31-32H,6,23H2,1-2H3,(H2,22,30)/t8-,9-,12?,13?,14-,20-,21?/m0/s1. The third-order valence-corrected chi connectivity index (χ3v) is 7.11. The number of benzene rings is 1. The Bertz CT molecular complexity index is 1100. The van der Waals surface area contributed by atoms with E-state index in [2.05, 4.69) is 0 Å². The summed E-state index contributed by atoms with van der Waals surface area (Å²) >= 11 is 0. The molecule has 7 N–H and O–H groups in total. The number of hydrogen-bond acceptors (Lipinski definition) is 10. The second-order valence-corrected chi connectivity index (χ2v) is 8.96. The maximum absolute atomic E-state index is 13.6. The number of nitrogens with two attached hydrogens (primary N) is 2. The van der Waals surface area contributed by atoms with Crippen molar-refractivity contribution in [3.05, 3.63) is 29.3 Å². The molecule has 1 aromatic carbocycles. The first kappa shape index (κ1) is 22.2. The van der Waals surface area contributed by atoms with Crippen molar-refractivity contribution in [3.63, 3.8) is 0 Å². The van der Waals surface area contributed by atoms with Crippen LogP contribution in [0.25, 0.3) is 0 Å². The van der Waals surface area contributed by atoms with Gasteiger partial charge in [0.15, 0.2) is 34.7 Å². The Hall–Kier alpha value is -2.99. The van der Waals surface area contributed by atoms with Crippen LogP contribution in [0.15, 0.2) is 18.2 Å². The molecule has 3 aliphatic rings. The first-order chi connectivity index (χ1) is 14.8. The van der Waals surface area contributed by atoms with Gasteiger partial charge in [-0.2, -0.15) is 0 Å². The fourth-order valence-corrected chi connectivity index (χ4v) is 5.67. The van der Waals surface area contributed by atoms with Gasteiger partial charge < -0.3 is 21.1 Å². The molecule has 3 unspecified atom stereocenters. The Kier molecular flexibility index (Phi) is 4.69. The van der Waals surface area contributed by atoms with Crippen molar-refractivity contribution < 1.29 is 39.3 Å². The lowest BCUT2D eigenvalue weighted by atomic mass is 9.51. The summed E-state index contributed by atoms with van der Waals surface area (Å²) in [7, 11) is 2.92. The van der Waals surface area contributed by atoms with Gasteiger partial charge in [-0.05, 0) is 26.6 Å². The topological polar surface area (TPSA) is 201 Å². The smallest absolute Gasteiger partial charge is 0.235 e. The minimum atomic E-state index is -2.88. The van der Waals surface area contributed by atoms with E-state index < -0.39 is 75.8 Å². The van der Waals surface area contributed by atoms with Crippen molar-refractivity contribution in [1.29, 1.82) is 0 Å². The molecule has 0 spiro atoms. The molecule has 11 nitrogen and oxygen atoms in total. The summed E-state index contributed by atoms with van der Waals surface area (Å²) in [6.07, 6.45) is -0.355. The molecule has 7 atom stereocenters. The maximum Gasteiger partial charge on any atom is 0.235 e. The Labute approximate surface area is 182 Å². The van der Waals surface area contributed by atoms with Crippen LogP contribution >= 0.6 is 0 Å². The Morgan fingerprint density at radius 3 is 2.28 bits per heavy atom. The maximum atomic E-state index is 13.6. The molecule has 170 valence electrons. The molecular weight excluding hydrogens is 422 g/mol. The van der Waals surface area contributed by atoms with Gasteiger partial charge in [0, 0.05) is 17.4 Å². The van der Waals surface area contributed by atoms with Gasteiger partial charge in [0.2, 0.25) is 5.91 Å². The van der Waals surface area contributed by atoms with Crippen LogP contribution in [0.3, 0.4) is 0 Å². The van der Waals surface area contributed by atoms with Crippen LogP contribution in [0.1, 0.15) is 22.3 Å². The van der Waals surface area contributed by atoms with E-state index in [4.69, 9.17) is 11.5 Å². The normalized spacial score (nSPS) is 38.9. The highest BCUT2D eigenvalue weighted by Gasteiger charge is 2.71. The molecule has 0 aliphatic heterocycles. The van der Waals surface area contributed by atoms with Crippen LogP contribution in [0.5, 0.6) is 5.75 Å². The van der Waals surface area contributed by atoms with E-state index in [1.165, 1.54) is 37.2 Å². The SMILES string of the molecule is CN(C)[C@@H]1C(=O)C(C(N)=O)C(=O)[C@@]2(O)C(=O)C3C(=O)c4c(O)cccc4C(N)(O)[C@H]3C[C@@H]12. The molecule has 2 saturated carbocycles. The number of nitrogens with zero attached hydrogens (tertiary/aromatic N) is 1. The van der Waals surface area contributed by atoms with Crippen molar-refractivity contribution in [1.82, 2.24) is 4.90 Å². The van der Waals surface area contributed by atoms with E-state index in [0.717, 1.165) is 0 Å². The van der Waals surface area contributed by atoms with Gasteiger partial charge >= 0.3 is 0 Å². The molecule has 0 radical (unpaired) electrons. The first-order valence-electron chi connectivity index (χ1n) is 9.96. The van der Waals surface area contributed by atoms with Gasteiger partial charge in [-0.3, -0.25) is 34.6 Å². The number of carbonyl (C=O) groups excluding carboxylic acids is 5. The predicted octanol–water partition coefficient (Wildman–Crippen LogP) is -2.57. The van der Waals surface area contributed by atoms with Crippen LogP contribution in [0, 0.1) is 23.7 Å². The zero-order chi connectivity index (χ0) is 23.9. The fourth-order valence-electron chi connectivity index (χ4n) is 5.67. The van der Waals surface area contributed by atoms with Gasteiger partial charge in [-0.15, -0.1) is 0 Å². The number of aromatic hydroxyl groups is 1. The number of Topliss-reactive ketones (excluding diaryl/α,β-unsaturated/α-hetero) is 4. The lowest BCUT2D eigenvalue weighted by molar-refractivity contribution is -0.189. The lowest BCUT2D eigenvalue weighted by Crippen LogP contribution is -2.75. The third kappa shape index (κ3) is 2.53. The van der Waals surface area contributed by atoms with Crippen molar-refractivity contribution in [2.75, 3.05) is 14.1 Å². The molecule has 4 rings (SSSR count). The summed E-state index contributed by atoms with van der Waals surface area (Å²) < 4.78 is 0. The van der Waals surface area contributed by atoms with Crippen LogP contribution in [0.4, 0.5) is 0 Å². The average Bonchev–Trinajstić information content (AvgIpc) is 2.68. The van der Waals surface area contributed by atoms with Crippen molar-refractivity contribution in [2.24, 2.45) is 35.1 Å². The minimum Gasteiger partial charge on any atom is -0.507 e. The number of primary amides is 1. The third-order valence-electron chi connectivity index (χ3n) is 7.11. The zero-order valence-corrected chi connectivity index (χ0v) is 17.3. The summed E-state index contributed by atoms with van der Waals surface area (Å²) in [5.74, 6) is -12.8. The Morgan fingerprint density at radius 2 is 1.72 bits per heavy atom. The number of ketones is 4. The monoisotopic (exact) mass is 445 g/mol. The molecule has 1 amide bonds. The number of carbonyl (C=O) groups is 5.